The highest BCUT2D eigenvalue weighted by Gasteiger charge is 2.22. The van der Waals surface area contributed by atoms with Crippen LogP contribution in [0.2, 0.25) is 0 Å². The SMILES string of the molecule is CC(=O)N1CCN(C(=O)Nc2cc(O)c(O)c(O)c2)CC1. The lowest BCUT2D eigenvalue weighted by atomic mass is 10.2. The van der Waals surface area contributed by atoms with Gasteiger partial charge in [-0.2, -0.15) is 0 Å². The van der Waals surface area contributed by atoms with Crippen LogP contribution in [-0.4, -0.2) is 63.2 Å². The van der Waals surface area contributed by atoms with Gasteiger partial charge in [0.2, 0.25) is 5.91 Å². The molecule has 8 nitrogen and oxygen atoms in total. The number of aromatic hydroxyl groups is 3. The Labute approximate surface area is 121 Å². The number of benzene rings is 1. The van der Waals surface area contributed by atoms with Gasteiger partial charge in [0.25, 0.3) is 0 Å². The summed E-state index contributed by atoms with van der Waals surface area (Å²) in [4.78, 5) is 26.4. The number of carbonyl (C=O) groups excluding carboxylic acids is 2. The maximum Gasteiger partial charge on any atom is 0.321 e. The van der Waals surface area contributed by atoms with E-state index in [1.54, 1.807) is 4.90 Å². The van der Waals surface area contributed by atoms with Gasteiger partial charge in [0.1, 0.15) is 0 Å². The summed E-state index contributed by atoms with van der Waals surface area (Å²) in [5, 5.41) is 30.5. The van der Waals surface area contributed by atoms with E-state index in [9.17, 15) is 24.9 Å². The van der Waals surface area contributed by atoms with Gasteiger partial charge in [-0.25, -0.2) is 4.79 Å². The summed E-state index contributed by atoms with van der Waals surface area (Å²) in [6.07, 6.45) is 0. The summed E-state index contributed by atoms with van der Waals surface area (Å²) in [7, 11) is 0. The number of amides is 3. The summed E-state index contributed by atoms with van der Waals surface area (Å²) in [5.41, 5.74) is 0.168. The van der Waals surface area contributed by atoms with Crippen molar-refractivity contribution in [3.05, 3.63) is 12.1 Å². The van der Waals surface area contributed by atoms with Gasteiger partial charge in [0.15, 0.2) is 17.2 Å². The number of phenolic OH excluding ortho intramolecular Hbond substituents is 3. The summed E-state index contributed by atoms with van der Waals surface area (Å²) >= 11 is 0. The number of anilines is 1. The molecule has 1 aromatic rings. The van der Waals surface area contributed by atoms with Crippen molar-refractivity contribution in [2.24, 2.45) is 0 Å². The predicted molar refractivity (Wildman–Crippen MR) is 74.3 cm³/mol. The lowest BCUT2D eigenvalue weighted by molar-refractivity contribution is -0.130. The number of hydrogen-bond donors (Lipinski definition) is 4. The van der Waals surface area contributed by atoms with Crippen molar-refractivity contribution in [2.45, 2.75) is 6.92 Å². The third-order valence-electron chi connectivity index (χ3n) is 3.33. The normalized spacial score (nSPS) is 14.9. The van der Waals surface area contributed by atoms with Gasteiger partial charge in [0, 0.05) is 45.2 Å². The molecular formula is C13H17N3O5. The third-order valence-corrected chi connectivity index (χ3v) is 3.33. The summed E-state index contributed by atoms with van der Waals surface area (Å²) < 4.78 is 0. The molecule has 0 spiro atoms. The van der Waals surface area contributed by atoms with E-state index in [1.165, 1.54) is 11.8 Å². The van der Waals surface area contributed by atoms with Crippen molar-refractivity contribution in [1.82, 2.24) is 9.80 Å². The zero-order valence-corrected chi connectivity index (χ0v) is 11.5. The molecule has 2 rings (SSSR count). The monoisotopic (exact) mass is 295 g/mol. The van der Waals surface area contributed by atoms with Crippen LogP contribution in [0.4, 0.5) is 10.5 Å². The van der Waals surface area contributed by atoms with Crippen LogP contribution in [0.3, 0.4) is 0 Å². The van der Waals surface area contributed by atoms with Crippen molar-refractivity contribution in [3.63, 3.8) is 0 Å². The second kappa shape index (κ2) is 5.78. The van der Waals surface area contributed by atoms with E-state index in [0.29, 0.717) is 26.2 Å². The maximum atomic E-state index is 12.0. The molecule has 3 amide bonds. The highest BCUT2D eigenvalue weighted by molar-refractivity contribution is 5.90. The van der Waals surface area contributed by atoms with Crippen LogP contribution in [-0.2, 0) is 4.79 Å². The first-order chi connectivity index (χ1) is 9.88. The van der Waals surface area contributed by atoms with Crippen LogP contribution < -0.4 is 5.32 Å². The van der Waals surface area contributed by atoms with E-state index in [-0.39, 0.29) is 11.6 Å². The molecule has 0 aliphatic carbocycles. The molecule has 0 aromatic heterocycles. The molecule has 4 N–H and O–H groups in total. The Bertz CT molecular complexity index is 544. The van der Waals surface area contributed by atoms with E-state index >= 15 is 0 Å². The van der Waals surface area contributed by atoms with Crippen LogP contribution in [0.15, 0.2) is 12.1 Å². The number of urea groups is 1. The van der Waals surface area contributed by atoms with Gasteiger partial charge >= 0.3 is 6.03 Å². The Morgan fingerprint density at radius 2 is 1.48 bits per heavy atom. The van der Waals surface area contributed by atoms with Crippen molar-refractivity contribution in [1.29, 1.82) is 0 Å². The zero-order chi connectivity index (χ0) is 15.6. The Morgan fingerprint density at radius 3 is 1.95 bits per heavy atom. The molecule has 1 aliphatic rings. The minimum atomic E-state index is -0.636. The van der Waals surface area contributed by atoms with E-state index < -0.39 is 23.3 Å². The molecule has 1 heterocycles. The molecule has 0 saturated carbocycles. The fraction of sp³-hybridized carbons (Fsp3) is 0.385. The van der Waals surface area contributed by atoms with Crippen LogP contribution in [0.25, 0.3) is 0 Å². The third kappa shape index (κ3) is 3.28. The Kier molecular flexibility index (Phi) is 4.06. The first-order valence-electron chi connectivity index (χ1n) is 6.45. The fourth-order valence-electron chi connectivity index (χ4n) is 2.10. The molecule has 0 atom stereocenters. The van der Waals surface area contributed by atoms with Crippen molar-refractivity contribution >= 4 is 17.6 Å². The van der Waals surface area contributed by atoms with E-state index in [2.05, 4.69) is 5.32 Å². The lowest BCUT2D eigenvalue weighted by Crippen LogP contribution is -2.51. The summed E-state index contributed by atoms with van der Waals surface area (Å²) in [6, 6.07) is 1.88. The molecular weight excluding hydrogens is 278 g/mol. The molecule has 1 aromatic carbocycles. The fourth-order valence-corrected chi connectivity index (χ4v) is 2.10. The molecule has 1 fully saturated rings. The van der Waals surface area contributed by atoms with Crippen LogP contribution in [0.1, 0.15) is 6.92 Å². The first kappa shape index (κ1) is 14.8. The van der Waals surface area contributed by atoms with Crippen LogP contribution in [0, 0.1) is 0 Å². The maximum absolute atomic E-state index is 12.0. The van der Waals surface area contributed by atoms with E-state index in [4.69, 9.17) is 0 Å². The molecule has 114 valence electrons. The summed E-state index contributed by atoms with van der Waals surface area (Å²) in [5.74, 6) is -1.70. The second-order valence-electron chi connectivity index (χ2n) is 4.79. The van der Waals surface area contributed by atoms with Crippen molar-refractivity contribution in [3.8, 4) is 17.2 Å². The Hall–Kier alpha value is -2.64. The number of rotatable bonds is 1. The lowest BCUT2D eigenvalue weighted by Gasteiger charge is -2.34. The van der Waals surface area contributed by atoms with Gasteiger partial charge < -0.3 is 30.4 Å². The van der Waals surface area contributed by atoms with Gasteiger partial charge in [-0.3, -0.25) is 4.79 Å². The minimum absolute atomic E-state index is 0.0246. The molecule has 1 saturated heterocycles. The highest BCUT2D eigenvalue weighted by Crippen LogP contribution is 2.37. The quantitative estimate of drug-likeness (QED) is 0.445. The Balaban J connectivity index is 1.98. The number of piperazine rings is 1. The average molecular weight is 295 g/mol. The first-order valence-corrected chi connectivity index (χ1v) is 6.45. The van der Waals surface area contributed by atoms with Gasteiger partial charge in [0.05, 0.1) is 5.69 Å². The smallest absolute Gasteiger partial charge is 0.321 e. The largest absolute Gasteiger partial charge is 0.504 e. The number of nitrogens with one attached hydrogen (secondary N) is 1. The molecule has 0 bridgehead atoms. The number of hydrogen-bond acceptors (Lipinski definition) is 5. The standard InChI is InChI=1S/C13H17N3O5/c1-8(17)15-2-4-16(5-3-15)13(21)14-9-6-10(18)12(20)11(19)7-9/h6-7,18-20H,2-5H2,1H3,(H,14,21). The van der Waals surface area contributed by atoms with Gasteiger partial charge in [-0.05, 0) is 0 Å². The summed E-state index contributed by atoms with van der Waals surface area (Å²) in [6.45, 7) is 3.23. The number of carbonyl (C=O) groups is 2. The predicted octanol–water partition coefficient (Wildman–Crippen LogP) is 0.499. The number of nitrogens with zero attached hydrogens (tertiary/aromatic N) is 2. The second-order valence-corrected chi connectivity index (χ2v) is 4.79. The van der Waals surface area contributed by atoms with Crippen molar-refractivity contribution < 1.29 is 24.9 Å². The molecule has 0 unspecified atom stereocenters. The van der Waals surface area contributed by atoms with Crippen LogP contribution in [0.5, 0.6) is 17.2 Å². The van der Waals surface area contributed by atoms with Crippen molar-refractivity contribution in [2.75, 3.05) is 31.5 Å². The molecule has 21 heavy (non-hydrogen) atoms. The Morgan fingerprint density at radius 1 is 1.00 bits per heavy atom. The molecule has 0 radical (unpaired) electrons. The van der Waals surface area contributed by atoms with E-state index in [1.807, 2.05) is 0 Å². The number of phenols is 3. The average Bonchev–Trinajstić information content (AvgIpc) is 2.44. The molecule has 8 heteroatoms. The van der Waals surface area contributed by atoms with Gasteiger partial charge in [-0.1, -0.05) is 0 Å². The highest BCUT2D eigenvalue weighted by atomic mass is 16.3. The van der Waals surface area contributed by atoms with Gasteiger partial charge in [-0.15, -0.1) is 0 Å². The van der Waals surface area contributed by atoms with E-state index in [0.717, 1.165) is 12.1 Å². The minimum Gasteiger partial charge on any atom is -0.504 e. The topological polar surface area (TPSA) is 113 Å². The zero-order valence-electron chi connectivity index (χ0n) is 11.5. The molecule has 1 aliphatic heterocycles. The van der Waals surface area contributed by atoms with Crippen LogP contribution >= 0.6 is 0 Å².